The van der Waals surface area contributed by atoms with Crippen molar-refractivity contribution in [3.8, 4) is 11.5 Å². The predicted molar refractivity (Wildman–Crippen MR) is 129 cm³/mol. The fourth-order valence-corrected chi connectivity index (χ4v) is 5.61. The van der Waals surface area contributed by atoms with Crippen LogP contribution >= 0.6 is 31.9 Å². The van der Waals surface area contributed by atoms with Crippen molar-refractivity contribution in [2.75, 3.05) is 0 Å². The number of hydrogen-bond donors (Lipinski definition) is 3. The topological polar surface area (TPSA) is 104 Å². The summed E-state index contributed by atoms with van der Waals surface area (Å²) >= 11 is 7.14. The van der Waals surface area contributed by atoms with Gasteiger partial charge in [-0.05, 0) is 88.9 Å². The van der Waals surface area contributed by atoms with Crippen LogP contribution < -0.4 is 0 Å². The molecule has 0 saturated carbocycles. The Hall–Kier alpha value is -2.84. The summed E-state index contributed by atoms with van der Waals surface area (Å²) in [4.78, 5) is 25.2. The third kappa shape index (κ3) is 3.19. The van der Waals surface area contributed by atoms with Crippen LogP contribution in [0.25, 0.3) is 0 Å². The average molecular weight is 576 g/mol. The zero-order valence-corrected chi connectivity index (χ0v) is 21.4. The Morgan fingerprint density at radius 1 is 0.879 bits per heavy atom. The molecule has 4 rings (SSSR count). The lowest BCUT2D eigenvalue weighted by Gasteiger charge is -2.34. The molecule has 3 aromatic carbocycles. The summed E-state index contributed by atoms with van der Waals surface area (Å²) in [6.07, 6.45) is 0. The molecule has 1 aliphatic heterocycles. The van der Waals surface area contributed by atoms with Gasteiger partial charge in [-0.25, -0.2) is 9.59 Å². The van der Waals surface area contributed by atoms with Gasteiger partial charge in [-0.1, -0.05) is 12.1 Å². The van der Waals surface area contributed by atoms with Crippen LogP contribution in [0.5, 0.6) is 11.5 Å². The number of aryl methyl sites for hydroxylation is 2. The van der Waals surface area contributed by atoms with Crippen LogP contribution in [-0.2, 0) is 10.3 Å². The molecule has 0 saturated heterocycles. The highest BCUT2D eigenvalue weighted by Crippen LogP contribution is 2.54. The first-order chi connectivity index (χ1) is 15.4. The van der Waals surface area contributed by atoms with E-state index in [2.05, 4.69) is 31.9 Å². The molecule has 170 valence electrons. The highest BCUT2D eigenvalue weighted by molar-refractivity contribution is 9.11. The van der Waals surface area contributed by atoms with Crippen molar-refractivity contribution in [2.24, 2.45) is 0 Å². The fraction of sp³-hybridized carbons (Fsp3) is 0.200. The Bertz CT molecular complexity index is 1310. The van der Waals surface area contributed by atoms with E-state index in [0.29, 0.717) is 47.9 Å². The molecule has 0 atom stereocenters. The van der Waals surface area contributed by atoms with E-state index in [0.717, 1.165) is 0 Å². The van der Waals surface area contributed by atoms with Crippen molar-refractivity contribution in [1.29, 1.82) is 0 Å². The summed E-state index contributed by atoms with van der Waals surface area (Å²) in [5.74, 6) is -1.81. The molecular formula is C25H20Br2O6. The first kappa shape index (κ1) is 23.3. The fourth-order valence-electron chi connectivity index (χ4n) is 4.45. The highest BCUT2D eigenvalue weighted by atomic mass is 79.9. The Labute approximate surface area is 207 Å². The van der Waals surface area contributed by atoms with Crippen LogP contribution in [0.4, 0.5) is 0 Å². The van der Waals surface area contributed by atoms with E-state index in [1.807, 2.05) is 0 Å². The Morgan fingerprint density at radius 2 is 1.36 bits per heavy atom. The predicted octanol–water partition coefficient (Wildman–Crippen LogP) is 6.02. The van der Waals surface area contributed by atoms with Crippen LogP contribution in [0, 0.1) is 27.7 Å². The Morgan fingerprint density at radius 3 is 1.82 bits per heavy atom. The molecule has 0 bridgehead atoms. The third-order valence-electron chi connectivity index (χ3n) is 6.19. The number of halogens is 2. The molecule has 0 aliphatic carbocycles. The number of phenolic OH excluding ortho intramolecular Hbond substituents is 2. The van der Waals surface area contributed by atoms with E-state index >= 15 is 0 Å². The Kier molecular flexibility index (Phi) is 5.57. The minimum Gasteiger partial charge on any atom is -0.507 e. The van der Waals surface area contributed by atoms with Gasteiger partial charge in [-0.3, -0.25) is 0 Å². The number of carboxylic acid groups (broad SMARTS) is 1. The van der Waals surface area contributed by atoms with Gasteiger partial charge < -0.3 is 20.1 Å². The third-order valence-corrected chi connectivity index (χ3v) is 8.24. The number of rotatable bonds is 3. The van der Waals surface area contributed by atoms with Crippen LogP contribution in [0.1, 0.15) is 59.7 Å². The number of aromatic carboxylic acids is 1. The second-order valence-electron chi connectivity index (χ2n) is 8.16. The normalized spacial score (nSPS) is 14.2. The number of aromatic hydroxyl groups is 2. The Balaban J connectivity index is 2.25. The maximum Gasteiger partial charge on any atom is 0.341 e. The lowest BCUT2D eigenvalue weighted by Crippen LogP contribution is -2.31. The molecule has 0 fully saturated rings. The zero-order chi connectivity index (χ0) is 24.4. The van der Waals surface area contributed by atoms with Gasteiger partial charge in [-0.2, -0.15) is 0 Å². The monoisotopic (exact) mass is 574 g/mol. The van der Waals surface area contributed by atoms with E-state index in [1.54, 1.807) is 52.0 Å². The quantitative estimate of drug-likeness (QED) is 0.330. The number of phenols is 2. The SMILES string of the molecule is Cc1cc(C2(c3cc(C)c(O)c(C)c3Br)OC(=O)c3c(C(=O)O)cccc32)c(Br)c(C)c1O. The summed E-state index contributed by atoms with van der Waals surface area (Å²) in [6.45, 7) is 6.94. The van der Waals surface area contributed by atoms with Gasteiger partial charge in [0, 0.05) is 36.8 Å². The first-order valence-electron chi connectivity index (χ1n) is 10.0. The number of esters is 1. The molecule has 0 unspecified atom stereocenters. The zero-order valence-electron chi connectivity index (χ0n) is 18.2. The molecule has 3 aromatic rings. The van der Waals surface area contributed by atoms with Crippen LogP contribution in [0.15, 0.2) is 39.3 Å². The molecule has 3 N–H and O–H groups in total. The van der Waals surface area contributed by atoms with Gasteiger partial charge in [-0.15, -0.1) is 0 Å². The summed E-state index contributed by atoms with van der Waals surface area (Å²) in [6, 6.07) is 8.03. The van der Waals surface area contributed by atoms with Gasteiger partial charge in [0.2, 0.25) is 0 Å². The molecule has 1 heterocycles. The number of hydrogen-bond acceptors (Lipinski definition) is 5. The van der Waals surface area contributed by atoms with Crippen molar-refractivity contribution in [3.05, 3.63) is 89.3 Å². The van der Waals surface area contributed by atoms with Crippen molar-refractivity contribution in [1.82, 2.24) is 0 Å². The maximum atomic E-state index is 13.2. The van der Waals surface area contributed by atoms with Crippen LogP contribution in [0.2, 0.25) is 0 Å². The second-order valence-corrected chi connectivity index (χ2v) is 9.75. The number of benzene rings is 3. The molecule has 0 amide bonds. The van der Waals surface area contributed by atoms with Gasteiger partial charge in [0.1, 0.15) is 11.5 Å². The highest BCUT2D eigenvalue weighted by Gasteiger charge is 2.52. The smallest absolute Gasteiger partial charge is 0.341 e. The molecule has 1 aliphatic rings. The number of fused-ring (bicyclic) bond motifs is 1. The lowest BCUT2D eigenvalue weighted by atomic mass is 9.77. The van der Waals surface area contributed by atoms with Gasteiger partial charge in [0.05, 0.1) is 11.1 Å². The van der Waals surface area contributed by atoms with Gasteiger partial charge >= 0.3 is 11.9 Å². The molecule has 0 spiro atoms. The molecule has 6 nitrogen and oxygen atoms in total. The summed E-state index contributed by atoms with van der Waals surface area (Å²) in [5, 5.41) is 30.7. The number of ether oxygens (including phenoxy) is 1. The van der Waals surface area contributed by atoms with Crippen molar-refractivity contribution in [2.45, 2.75) is 33.3 Å². The largest absolute Gasteiger partial charge is 0.507 e. The standard InChI is InChI=1S/C25H20Br2O6/c1-10-8-16(19(26)12(3)21(10)28)25(17-9-11(2)22(29)13(4)20(17)27)15-7-5-6-14(23(30)31)18(15)24(32)33-25/h5-9,28-29H,1-4H3,(H,30,31). The lowest BCUT2D eigenvalue weighted by molar-refractivity contribution is 0.0244. The molecule has 8 heteroatoms. The first-order valence-corrected chi connectivity index (χ1v) is 11.6. The summed E-state index contributed by atoms with van der Waals surface area (Å²) in [7, 11) is 0. The van der Waals surface area contributed by atoms with E-state index < -0.39 is 17.5 Å². The molecule has 33 heavy (non-hydrogen) atoms. The van der Waals surface area contributed by atoms with Crippen molar-refractivity contribution >= 4 is 43.8 Å². The number of carbonyl (C=O) groups is 2. The van der Waals surface area contributed by atoms with E-state index in [9.17, 15) is 24.9 Å². The minimum absolute atomic E-state index is 0.0319. The van der Waals surface area contributed by atoms with E-state index in [1.165, 1.54) is 6.07 Å². The molecule has 0 radical (unpaired) electrons. The van der Waals surface area contributed by atoms with Crippen molar-refractivity contribution in [3.63, 3.8) is 0 Å². The number of carbonyl (C=O) groups excluding carboxylic acids is 1. The van der Waals surface area contributed by atoms with Gasteiger partial charge in [0.25, 0.3) is 0 Å². The average Bonchev–Trinajstić information content (AvgIpc) is 3.08. The number of cyclic esters (lactones) is 1. The van der Waals surface area contributed by atoms with Crippen LogP contribution in [0.3, 0.4) is 0 Å². The summed E-state index contributed by atoms with van der Waals surface area (Å²) in [5.41, 5.74) is 1.90. The molecule has 0 aromatic heterocycles. The van der Waals surface area contributed by atoms with Gasteiger partial charge in [0.15, 0.2) is 5.60 Å². The minimum atomic E-state index is -1.54. The van der Waals surface area contributed by atoms with E-state index in [-0.39, 0.29) is 22.6 Å². The second kappa shape index (κ2) is 7.88. The van der Waals surface area contributed by atoms with E-state index in [4.69, 9.17) is 4.74 Å². The number of carboxylic acids is 1. The molecular weight excluding hydrogens is 556 g/mol. The maximum absolute atomic E-state index is 13.2. The van der Waals surface area contributed by atoms with Crippen molar-refractivity contribution < 1.29 is 29.6 Å². The summed E-state index contributed by atoms with van der Waals surface area (Å²) < 4.78 is 7.15. The van der Waals surface area contributed by atoms with Crippen LogP contribution in [-0.4, -0.2) is 27.3 Å².